The Bertz CT molecular complexity index is 812. The van der Waals surface area contributed by atoms with Crippen molar-refractivity contribution in [2.75, 3.05) is 0 Å². The number of aryl methyl sites for hydroxylation is 1. The summed E-state index contributed by atoms with van der Waals surface area (Å²) in [4.78, 5) is 10.5. The first-order chi connectivity index (χ1) is 9.75. The lowest BCUT2D eigenvalue weighted by molar-refractivity contribution is -0.385. The minimum Gasteiger partial charge on any atom is -0.297 e. The molecule has 0 saturated heterocycles. The van der Waals surface area contributed by atoms with Crippen LogP contribution in [0.15, 0.2) is 23.4 Å². The molecule has 0 atom stereocenters. The van der Waals surface area contributed by atoms with E-state index >= 15 is 0 Å². The average Bonchev–Trinajstić information content (AvgIpc) is 2.82. The molecule has 2 aromatic rings. The topological polar surface area (TPSA) is 134 Å². The zero-order chi connectivity index (χ0) is 15.8. The summed E-state index contributed by atoms with van der Waals surface area (Å²) in [6.07, 6.45) is 0. The van der Waals surface area contributed by atoms with Crippen molar-refractivity contribution in [3.63, 3.8) is 0 Å². The van der Waals surface area contributed by atoms with Crippen LogP contribution in [-0.4, -0.2) is 28.1 Å². The van der Waals surface area contributed by atoms with Crippen molar-refractivity contribution >= 4 is 15.7 Å². The maximum absolute atomic E-state index is 11.4. The largest absolute Gasteiger partial charge is 0.297 e. The highest BCUT2D eigenvalue weighted by Crippen LogP contribution is 2.26. The van der Waals surface area contributed by atoms with Crippen LogP contribution in [0.3, 0.4) is 0 Å². The predicted octanol–water partition coefficient (Wildman–Crippen LogP) is 0.829. The fourth-order valence-corrected chi connectivity index (χ4v) is 2.62. The Morgan fingerprint density at radius 3 is 2.57 bits per heavy atom. The molecule has 10 heteroatoms. The van der Waals surface area contributed by atoms with Crippen LogP contribution in [0.25, 0.3) is 11.4 Å². The molecule has 0 aliphatic rings. The van der Waals surface area contributed by atoms with Gasteiger partial charge in [0.05, 0.1) is 4.92 Å². The monoisotopic (exact) mass is 311 g/mol. The van der Waals surface area contributed by atoms with Crippen molar-refractivity contribution in [2.45, 2.75) is 25.5 Å². The number of hydrogen-bond donors (Lipinski definition) is 1. The molecule has 0 unspecified atom stereocenters. The van der Waals surface area contributed by atoms with Crippen molar-refractivity contribution in [1.29, 1.82) is 0 Å². The molecule has 0 radical (unpaired) electrons. The molecule has 0 bridgehead atoms. The van der Waals surface area contributed by atoms with Crippen molar-refractivity contribution in [3.8, 4) is 11.4 Å². The first-order valence-corrected chi connectivity index (χ1v) is 7.51. The van der Waals surface area contributed by atoms with E-state index in [-0.39, 0.29) is 23.2 Å². The molecule has 0 aliphatic carbocycles. The minimum atomic E-state index is -4.01. The third kappa shape index (κ3) is 2.76. The van der Waals surface area contributed by atoms with Crippen LogP contribution in [0.2, 0.25) is 0 Å². The normalized spacial score (nSPS) is 11.6. The minimum absolute atomic E-state index is 0.0738. The number of sulfonamides is 1. The quantitative estimate of drug-likeness (QED) is 0.656. The molecular formula is C11H13N5O4S. The Labute approximate surface area is 120 Å². The Kier molecular flexibility index (Phi) is 3.75. The predicted molar refractivity (Wildman–Crippen MR) is 73.9 cm³/mol. The van der Waals surface area contributed by atoms with Crippen LogP contribution in [-0.2, 0) is 16.6 Å². The fourth-order valence-electron chi connectivity index (χ4n) is 1.94. The van der Waals surface area contributed by atoms with Crippen molar-refractivity contribution < 1.29 is 13.3 Å². The van der Waals surface area contributed by atoms with Crippen LogP contribution >= 0.6 is 0 Å². The van der Waals surface area contributed by atoms with Gasteiger partial charge in [-0.3, -0.25) is 14.7 Å². The molecule has 0 amide bonds. The van der Waals surface area contributed by atoms with Crippen LogP contribution in [0.5, 0.6) is 0 Å². The molecule has 9 nitrogen and oxygen atoms in total. The Hall–Kier alpha value is -2.33. The van der Waals surface area contributed by atoms with Gasteiger partial charge < -0.3 is 0 Å². The third-order valence-corrected chi connectivity index (χ3v) is 3.76. The van der Waals surface area contributed by atoms with Crippen LogP contribution in [0.4, 0.5) is 5.69 Å². The first kappa shape index (κ1) is 15.1. The molecule has 0 spiro atoms. The fraction of sp³-hybridized carbons (Fsp3) is 0.273. The number of benzene rings is 1. The molecule has 0 aliphatic heterocycles. The second-order valence-corrected chi connectivity index (χ2v) is 5.81. The zero-order valence-electron chi connectivity index (χ0n) is 11.3. The molecule has 0 saturated carbocycles. The van der Waals surface area contributed by atoms with Crippen LogP contribution in [0.1, 0.15) is 12.5 Å². The van der Waals surface area contributed by atoms with Gasteiger partial charge in [0, 0.05) is 23.7 Å². The highest BCUT2D eigenvalue weighted by Gasteiger charge is 2.22. The lowest BCUT2D eigenvalue weighted by atomic mass is 10.1. The number of nitrogens with two attached hydrogens (primary N) is 1. The van der Waals surface area contributed by atoms with Gasteiger partial charge in [0.2, 0.25) is 0 Å². The molecule has 21 heavy (non-hydrogen) atoms. The maximum Gasteiger partial charge on any atom is 0.273 e. The zero-order valence-corrected chi connectivity index (χ0v) is 12.2. The summed E-state index contributed by atoms with van der Waals surface area (Å²) in [7, 11) is -4.01. The molecule has 0 fully saturated rings. The second kappa shape index (κ2) is 5.22. The van der Waals surface area contributed by atoms with Gasteiger partial charge in [-0.1, -0.05) is 12.1 Å². The second-order valence-electron chi connectivity index (χ2n) is 4.35. The first-order valence-electron chi connectivity index (χ1n) is 5.97. The van der Waals surface area contributed by atoms with E-state index < -0.39 is 14.9 Å². The number of nitro benzene ring substituents is 1. The number of nitrogens with zero attached hydrogens (tertiary/aromatic N) is 4. The number of aromatic nitrogens is 3. The highest BCUT2D eigenvalue weighted by molar-refractivity contribution is 7.89. The van der Waals surface area contributed by atoms with Gasteiger partial charge in [0.1, 0.15) is 0 Å². The van der Waals surface area contributed by atoms with Crippen LogP contribution < -0.4 is 5.14 Å². The molecular weight excluding hydrogens is 298 g/mol. The number of rotatable bonds is 4. The smallest absolute Gasteiger partial charge is 0.273 e. The summed E-state index contributed by atoms with van der Waals surface area (Å²) in [5.74, 6) is 0.213. The maximum atomic E-state index is 11.4. The SMILES string of the molecule is CCn1c(-c2ccc(C)c([N+](=O)[O-])c2)nnc1S(N)(=O)=O. The lowest BCUT2D eigenvalue weighted by Crippen LogP contribution is -2.18. The van der Waals surface area contributed by atoms with E-state index in [4.69, 9.17) is 5.14 Å². The Morgan fingerprint density at radius 1 is 1.38 bits per heavy atom. The van der Waals surface area contributed by atoms with Gasteiger partial charge >= 0.3 is 0 Å². The summed E-state index contributed by atoms with van der Waals surface area (Å²) in [5.41, 5.74) is 0.824. The standard InChI is InChI=1S/C11H13N5O4S/c1-3-15-10(13-14-11(15)21(12,19)20)8-5-4-7(2)9(6-8)16(17)18/h4-6H,3H2,1-2H3,(H2,12,19,20). The van der Waals surface area contributed by atoms with Crippen molar-refractivity contribution in [2.24, 2.45) is 5.14 Å². The van der Waals surface area contributed by atoms with E-state index in [1.165, 1.54) is 10.6 Å². The molecule has 2 N–H and O–H groups in total. The van der Waals surface area contributed by atoms with Gasteiger partial charge in [-0.05, 0) is 13.8 Å². The van der Waals surface area contributed by atoms with E-state index in [0.29, 0.717) is 11.1 Å². The van der Waals surface area contributed by atoms with Gasteiger partial charge in [0.15, 0.2) is 5.82 Å². The molecule has 2 rings (SSSR count). The summed E-state index contributed by atoms with van der Waals surface area (Å²) in [5, 5.41) is 23.0. The molecule has 112 valence electrons. The van der Waals surface area contributed by atoms with E-state index in [9.17, 15) is 18.5 Å². The summed E-state index contributed by atoms with van der Waals surface area (Å²) in [6, 6.07) is 4.52. The van der Waals surface area contributed by atoms with Gasteiger partial charge in [-0.25, -0.2) is 13.6 Å². The van der Waals surface area contributed by atoms with Gasteiger partial charge in [0.25, 0.3) is 20.9 Å². The highest BCUT2D eigenvalue weighted by atomic mass is 32.2. The average molecular weight is 311 g/mol. The van der Waals surface area contributed by atoms with Gasteiger partial charge in [-0.2, -0.15) is 0 Å². The van der Waals surface area contributed by atoms with Crippen molar-refractivity contribution in [3.05, 3.63) is 33.9 Å². The van der Waals surface area contributed by atoms with E-state index in [1.54, 1.807) is 26.0 Å². The van der Waals surface area contributed by atoms with Gasteiger partial charge in [-0.15, -0.1) is 10.2 Å². The Morgan fingerprint density at radius 2 is 2.05 bits per heavy atom. The van der Waals surface area contributed by atoms with E-state index in [0.717, 1.165) is 0 Å². The van der Waals surface area contributed by atoms with Crippen LogP contribution in [0, 0.1) is 17.0 Å². The molecule has 1 aromatic heterocycles. The number of nitro groups is 1. The van der Waals surface area contributed by atoms with Crippen molar-refractivity contribution in [1.82, 2.24) is 14.8 Å². The molecule has 1 aromatic carbocycles. The van der Waals surface area contributed by atoms with E-state index in [2.05, 4.69) is 10.2 Å². The van der Waals surface area contributed by atoms with E-state index in [1.807, 2.05) is 0 Å². The molecule has 1 heterocycles. The number of primary sulfonamides is 1. The number of hydrogen-bond acceptors (Lipinski definition) is 6. The summed E-state index contributed by atoms with van der Waals surface area (Å²) < 4.78 is 24.2. The Balaban J connectivity index is 2.66. The summed E-state index contributed by atoms with van der Waals surface area (Å²) >= 11 is 0. The lowest BCUT2D eigenvalue weighted by Gasteiger charge is -2.06. The summed E-state index contributed by atoms with van der Waals surface area (Å²) in [6.45, 7) is 3.57. The third-order valence-electron chi connectivity index (χ3n) is 2.95.